The molecule has 0 aromatic heterocycles. The van der Waals surface area contributed by atoms with Crippen LogP contribution < -0.4 is 20.1 Å². The van der Waals surface area contributed by atoms with Gasteiger partial charge in [0.25, 0.3) is 5.91 Å². The van der Waals surface area contributed by atoms with Gasteiger partial charge in [-0.1, -0.05) is 18.4 Å². The van der Waals surface area contributed by atoms with Crippen LogP contribution in [0.2, 0.25) is 0 Å². The van der Waals surface area contributed by atoms with E-state index in [0.717, 1.165) is 6.08 Å². The summed E-state index contributed by atoms with van der Waals surface area (Å²) in [4.78, 5) is 23.2. The molecule has 6 nitrogen and oxygen atoms in total. The Labute approximate surface area is 141 Å². The summed E-state index contributed by atoms with van der Waals surface area (Å²) >= 11 is 0. The maximum Gasteiger partial charge on any atom is 0.251 e. The van der Waals surface area contributed by atoms with Crippen molar-refractivity contribution in [3.05, 3.63) is 36.4 Å². The highest BCUT2D eigenvalue weighted by atomic mass is 16.5. The zero-order valence-electron chi connectivity index (χ0n) is 13.1. The van der Waals surface area contributed by atoms with Gasteiger partial charge in [0, 0.05) is 24.7 Å². The number of terminal acetylenes is 2. The average Bonchev–Trinajstić information content (AvgIpc) is 2.61. The first-order valence-electron chi connectivity index (χ1n) is 7.06. The van der Waals surface area contributed by atoms with Crippen LogP contribution in [-0.2, 0) is 4.79 Å². The van der Waals surface area contributed by atoms with E-state index in [1.54, 1.807) is 6.07 Å². The Balaban J connectivity index is 2.74. The van der Waals surface area contributed by atoms with Gasteiger partial charge in [-0.25, -0.2) is 0 Å². The first-order chi connectivity index (χ1) is 11.6. The molecule has 124 valence electrons. The van der Waals surface area contributed by atoms with Gasteiger partial charge in [-0.15, -0.1) is 12.8 Å². The van der Waals surface area contributed by atoms with E-state index < -0.39 is 0 Å². The summed E-state index contributed by atoms with van der Waals surface area (Å²) in [5, 5.41) is 5.22. The minimum Gasteiger partial charge on any atom is -0.481 e. The number of ether oxygens (including phenoxy) is 2. The largest absolute Gasteiger partial charge is 0.481 e. The molecule has 0 atom stereocenters. The van der Waals surface area contributed by atoms with Crippen molar-refractivity contribution >= 4 is 11.8 Å². The molecule has 0 saturated heterocycles. The highest BCUT2D eigenvalue weighted by molar-refractivity contribution is 5.95. The number of carbonyl (C=O) groups is 2. The Kier molecular flexibility index (Phi) is 8.06. The van der Waals surface area contributed by atoms with E-state index in [4.69, 9.17) is 22.3 Å². The lowest BCUT2D eigenvalue weighted by Gasteiger charge is -2.11. The Morgan fingerprint density at radius 1 is 1.04 bits per heavy atom. The third kappa shape index (κ3) is 6.59. The summed E-state index contributed by atoms with van der Waals surface area (Å²) in [5.41, 5.74) is 0.326. The van der Waals surface area contributed by atoms with E-state index in [0.29, 0.717) is 17.1 Å². The molecular formula is C18H18N2O4. The molecular weight excluding hydrogens is 308 g/mol. The van der Waals surface area contributed by atoms with Crippen LogP contribution in [0.1, 0.15) is 10.4 Å². The van der Waals surface area contributed by atoms with E-state index in [2.05, 4.69) is 29.1 Å². The molecule has 0 saturated carbocycles. The molecule has 1 rings (SSSR count). The second-order valence-electron chi connectivity index (χ2n) is 4.43. The van der Waals surface area contributed by atoms with Crippen LogP contribution in [0.4, 0.5) is 0 Å². The lowest BCUT2D eigenvalue weighted by atomic mass is 10.2. The number of hydrogen-bond acceptors (Lipinski definition) is 4. The van der Waals surface area contributed by atoms with Crippen molar-refractivity contribution in [1.29, 1.82) is 0 Å². The molecule has 1 aromatic carbocycles. The van der Waals surface area contributed by atoms with E-state index in [1.807, 2.05) is 0 Å². The highest BCUT2D eigenvalue weighted by Gasteiger charge is 2.10. The first kappa shape index (κ1) is 18.7. The zero-order valence-corrected chi connectivity index (χ0v) is 13.1. The van der Waals surface area contributed by atoms with Crippen LogP contribution in [0.15, 0.2) is 30.9 Å². The minimum absolute atomic E-state index is 0.0627. The Hall–Kier alpha value is -3.38. The number of amides is 2. The third-order valence-electron chi connectivity index (χ3n) is 2.68. The Morgan fingerprint density at radius 2 is 1.58 bits per heavy atom. The highest BCUT2D eigenvalue weighted by Crippen LogP contribution is 2.23. The molecule has 0 unspecified atom stereocenters. The van der Waals surface area contributed by atoms with Crippen LogP contribution in [0.5, 0.6) is 11.5 Å². The Morgan fingerprint density at radius 3 is 2.08 bits per heavy atom. The number of rotatable bonds is 9. The molecule has 0 aliphatic carbocycles. The molecule has 6 heteroatoms. The molecule has 2 N–H and O–H groups in total. The molecule has 0 bridgehead atoms. The van der Waals surface area contributed by atoms with Crippen LogP contribution in [0.25, 0.3) is 0 Å². The maximum atomic E-state index is 12.2. The quantitative estimate of drug-likeness (QED) is 0.399. The number of carbonyl (C=O) groups excluding carboxylic acids is 2. The molecule has 0 fully saturated rings. The van der Waals surface area contributed by atoms with Crippen LogP contribution in [0.3, 0.4) is 0 Å². The smallest absolute Gasteiger partial charge is 0.251 e. The van der Waals surface area contributed by atoms with E-state index in [9.17, 15) is 9.59 Å². The molecule has 1 aromatic rings. The summed E-state index contributed by atoms with van der Waals surface area (Å²) in [6, 6.07) is 4.67. The molecule has 24 heavy (non-hydrogen) atoms. The van der Waals surface area contributed by atoms with Gasteiger partial charge in [-0.3, -0.25) is 9.59 Å². The molecule has 0 spiro atoms. The summed E-state index contributed by atoms with van der Waals surface area (Å²) < 4.78 is 10.6. The molecule has 0 aliphatic rings. The van der Waals surface area contributed by atoms with Gasteiger partial charge in [-0.2, -0.15) is 0 Å². The van der Waals surface area contributed by atoms with E-state index in [-0.39, 0.29) is 38.1 Å². The van der Waals surface area contributed by atoms with Crippen molar-refractivity contribution in [2.45, 2.75) is 0 Å². The van der Waals surface area contributed by atoms with Crippen LogP contribution in [-0.4, -0.2) is 38.1 Å². The SMILES string of the molecule is C#CCOc1cc(OCC#C)cc(C(=O)NCCNC(=O)C=C)c1. The van der Waals surface area contributed by atoms with Gasteiger partial charge in [0.05, 0.1) is 0 Å². The van der Waals surface area contributed by atoms with Gasteiger partial charge in [-0.05, 0) is 18.2 Å². The van der Waals surface area contributed by atoms with Crippen molar-refractivity contribution in [2.75, 3.05) is 26.3 Å². The van der Waals surface area contributed by atoms with Crippen molar-refractivity contribution < 1.29 is 19.1 Å². The Bertz CT molecular complexity index is 647. The van der Waals surface area contributed by atoms with Crippen molar-refractivity contribution in [1.82, 2.24) is 10.6 Å². The summed E-state index contributed by atoms with van der Waals surface area (Å²) in [7, 11) is 0. The standard InChI is InChI=1S/C18H18N2O4/c1-4-9-23-15-11-14(12-16(13-15)24-10-5-2)18(22)20-8-7-19-17(21)6-3/h1-2,6,11-13H,3,7-10H2,(H,19,21)(H,20,22). The molecule has 0 radical (unpaired) electrons. The zero-order chi connectivity index (χ0) is 17.8. The van der Waals surface area contributed by atoms with Gasteiger partial charge in [0.15, 0.2) is 0 Å². The molecule has 0 aliphatic heterocycles. The van der Waals surface area contributed by atoms with Crippen molar-refractivity contribution in [2.24, 2.45) is 0 Å². The number of benzene rings is 1. The van der Waals surface area contributed by atoms with Gasteiger partial charge < -0.3 is 20.1 Å². The maximum absolute atomic E-state index is 12.2. The fourth-order valence-corrected chi connectivity index (χ4v) is 1.66. The summed E-state index contributed by atoms with van der Waals surface area (Å²) in [6.07, 6.45) is 11.5. The summed E-state index contributed by atoms with van der Waals surface area (Å²) in [6.45, 7) is 4.00. The topological polar surface area (TPSA) is 76.7 Å². The molecule has 2 amide bonds. The van der Waals surface area contributed by atoms with Crippen LogP contribution >= 0.6 is 0 Å². The normalized spacial score (nSPS) is 9.08. The van der Waals surface area contributed by atoms with Gasteiger partial charge >= 0.3 is 0 Å². The first-order valence-corrected chi connectivity index (χ1v) is 7.06. The van der Waals surface area contributed by atoms with Crippen molar-refractivity contribution in [3.8, 4) is 36.2 Å². The number of nitrogens with one attached hydrogen (secondary N) is 2. The van der Waals surface area contributed by atoms with Gasteiger partial charge in [0.1, 0.15) is 24.7 Å². The third-order valence-corrected chi connectivity index (χ3v) is 2.68. The predicted octanol–water partition coefficient (Wildman–Crippen LogP) is 0.743. The predicted molar refractivity (Wildman–Crippen MR) is 90.6 cm³/mol. The lowest BCUT2D eigenvalue weighted by molar-refractivity contribution is -0.116. The van der Waals surface area contributed by atoms with Crippen molar-refractivity contribution in [3.63, 3.8) is 0 Å². The van der Waals surface area contributed by atoms with Crippen LogP contribution in [0, 0.1) is 24.7 Å². The molecule has 0 heterocycles. The minimum atomic E-state index is -0.348. The second-order valence-corrected chi connectivity index (χ2v) is 4.43. The summed E-state index contributed by atoms with van der Waals surface area (Å²) in [5.74, 6) is 4.82. The average molecular weight is 326 g/mol. The van der Waals surface area contributed by atoms with Gasteiger partial charge in [0.2, 0.25) is 5.91 Å². The lowest BCUT2D eigenvalue weighted by Crippen LogP contribution is -2.33. The number of hydrogen-bond donors (Lipinski definition) is 2. The fraction of sp³-hybridized carbons (Fsp3) is 0.222. The second kappa shape index (κ2) is 10.4. The van der Waals surface area contributed by atoms with E-state index >= 15 is 0 Å². The fourth-order valence-electron chi connectivity index (χ4n) is 1.66. The monoisotopic (exact) mass is 326 g/mol. The van der Waals surface area contributed by atoms with E-state index in [1.165, 1.54) is 12.1 Å².